The molecule has 0 aliphatic carbocycles. The number of rotatable bonds is 5. The normalized spacial score (nSPS) is 15.1. The summed E-state index contributed by atoms with van der Waals surface area (Å²) in [6, 6.07) is 5.82. The van der Waals surface area contributed by atoms with Crippen molar-refractivity contribution in [3.63, 3.8) is 0 Å². The molecule has 0 unspecified atom stereocenters. The molecule has 25 heavy (non-hydrogen) atoms. The van der Waals surface area contributed by atoms with Gasteiger partial charge in [0.1, 0.15) is 12.4 Å². The van der Waals surface area contributed by atoms with E-state index in [4.69, 9.17) is 9.15 Å². The monoisotopic (exact) mass is 346 g/mol. The number of aromatic nitrogens is 1. The van der Waals surface area contributed by atoms with Crippen molar-refractivity contribution in [2.24, 2.45) is 0 Å². The summed E-state index contributed by atoms with van der Waals surface area (Å²) >= 11 is 0. The number of nitrogens with zero attached hydrogens (tertiary/aromatic N) is 2. The van der Waals surface area contributed by atoms with Crippen LogP contribution in [0.5, 0.6) is 0 Å². The molecule has 0 radical (unpaired) electrons. The van der Waals surface area contributed by atoms with Crippen LogP contribution >= 0.6 is 0 Å². The minimum atomic E-state index is -0.489. The van der Waals surface area contributed by atoms with E-state index < -0.39 is 5.97 Å². The van der Waals surface area contributed by atoms with Crippen molar-refractivity contribution in [2.45, 2.75) is 32.3 Å². The summed E-state index contributed by atoms with van der Waals surface area (Å²) in [5.41, 5.74) is 0.682. The minimum Gasteiger partial charge on any atom is -0.454 e. The van der Waals surface area contributed by atoms with Crippen molar-refractivity contribution in [3.05, 3.63) is 42.2 Å². The van der Waals surface area contributed by atoms with Gasteiger partial charge in [-0.15, -0.1) is 0 Å². The van der Waals surface area contributed by atoms with Gasteiger partial charge in [-0.05, 0) is 37.1 Å². The van der Waals surface area contributed by atoms with Crippen LogP contribution in [0, 0.1) is 5.82 Å². The van der Waals surface area contributed by atoms with Gasteiger partial charge in [0.2, 0.25) is 11.8 Å². The van der Waals surface area contributed by atoms with Crippen LogP contribution in [0.2, 0.25) is 0 Å². The lowest BCUT2D eigenvalue weighted by Gasteiger charge is -2.18. The summed E-state index contributed by atoms with van der Waals surface area (Å²) in [5.74, 6) is -0.120. The third-order valence-corrected chi connectivity index (χ3v) is 4.03. The Labute approximate surface area is 144 Å². The van der Waals surface area contributed by atoms with Gasteiger partial charge in [-0.3, -0.25) is 9.59 Å². The van der Waals surface area contributed by atoms with Crippen LogP contribution in [0.15, 0.2) is 34.9 Å². The number of ether oxygens (including phenoxy) is 1. The highest BCUT2D eigenvalue weighted by atomic mass is 19.1. The molecule has 3 rings (SSSR count). The second kappa shape index (κ2) is 7.92. The van der Waals surface area contributed by atoms with E-state index in [0.29, 0.717) is 24.3 Å². The molecule has 1 aromatic heterocycles. The SMILES string of the molecule is O=C(CN1CCCCCC1=O)OCc1ncc(-c2ccc(F)cc2)o1. The highest BCUT2D eigenvalue weighted by Crippen LogP contribution is 2.21. The van der Waals surface area contributed by atoms with Crippen molar-refractivity contribution in [1.29, 1.82) is 0 Å². The first-order valence-electron chi connectivity index (χ1n) is 8.26. The third-order valence-electron chi connectivity index (χ3n) is 4.03. The molecule has 0 atom stereocenters. The number of amides is 1. The molecule has 2 heterocycles. The lowest BCUT2D eigenvalue weighted by Crippen LogP contribution is -2.35. The number of carbonyl (C=O) groups is 2. The van der Waals surface area contributed by atoms with E-state index in [-0.39, 0.29) is 30.8 Å². The Morgan fingerprint density at radius 2 is 2.04 bits per heavy atom. The molecule has 0 saturated carbocycles. The van der Waals surface area contributed by atoms with Crippen molar-refractivity contribution >= 4 is 11.9 Å². The van der Waals surface area contributed by atoms with Crippen molar-refractivity contribution in [1.82, 2.24) is 9.88 Å². The number of oxazole rings is 1. The fourth-order valence-electron chi connectivity index (χ4n) is 2.67. The van der Waals surface area contributed by atoms with E-state index in [1.54, 1.807) is 12.1 Å². The van der Waals surface area contributed by atoms with Crippen molar-refractivity contribution in [3.8, 4) is 11.3 Å². The van der Waals surface area contributed by atoms with Gasteiger partial charge in [-0.2, -0.15) is 0 Å². The molecule has 1 fully saturated rings. The summed E-state index contributed by atoms with van der Waals surface area (Å²) in [5, 5.41) is 0. The lowest BCUT2D eigenvalue weighted by molar-refractivity contribution is -0.150. The quantitative estimate of drug-likeness (QED) is 0.779. The molecule has 1 aromatic carbocycles. The first-order valence-corrected chi connectivity index (χ1v) is 8.26. The van der Waals surface area contributed by atoms with Crippen LogP contribution in [-0.4, -0.2) is 34.8 Å². The molecule has 0 spiro atoms. The fraction of sp³-hybridized carbons (Fsp3) is 0.389. The van der Waals surface area contributed by atoms with Crippen LogP contribution < -0.4 is 0 Å². The molecule has 0 N–H and O–H groups in total. The molecule has 7 heteroatoms. The number of hydrogen-bond acceptors (Lipinski definition) is 5. The maximum atomic E-state index is 12.9. The highest BCUT2D eigenvalue weighted by Gasteiger charge is 2.20. The maximum absolute atomic E-state index is 12.9. The Morgan fingerprint density at radius 1 is 1.24 bits per heavy atom. The Balaban J connectivity index is 1.52. The number of halogens is 1. The standard InChI is InChI=1S/C18H19FN2O4/c19-14-7-5-13(6-8-14)15-10-20-16(25-15)12-24-18(23)11-21-9-3-1-2-4-17(21)22/h5-8,10H,1-4,9,11-12H2. The highest BCUT2D eigenvalue weighted by molar-refractivity contribution is 5.82. The second-order valence-electron chi connectivity index (χ2n) is 5.91. The predicted molar refractivity (Wildman–Crippen MR) is 86.7 cm³/mol. The smallest absolute Gasteiger partial charge is 0.326 e. The molecule has 1 saturated heterocycles. The summed E-state index contributed by atoms with van der Waals surface area (Å²) in [7, 11) is 0. The van der Waals surface area contributed by atoms with E-state index >= 15 is 0 Å². The van der Waals surface area contributed by atoms with Gasteiger partial charge in [0.25, 0.3) is 0 Å². The zero-order valence-electron chi connectivity index (χ0n) is 13.7. The Morgan fingerprint density at radius 3 is 2.84 bits per heavy atom. The number of esters is 1. The maximum Gasteiger partial charge on any atom is 0.326 e. The summed E-state index contributed by atoms with van der Waals surface area (Å²) in [6.45, 7) is 0.425. The molecule has 132 valence electrons. The average Bonchev–Trinajstić information content (AvgIpc) is 2.99. The number of benzene rings is 1. The Kier molecular flexibility index (Phi) is 5.42. The van der Waals surface area contributed by atoms with E-state index in [9.17, 15) is 14.0 Å². The van der Waals surface area contributed by atoms with Crippen LogP contribution in [0.1, 0.15) is 31.6 Å². The van der Waals surface area contributed by atoms with E-state index in [1.807, 2.05) is 0 Å². The molecule has 2 aromatic rings. The second-order valence-corrected chi connectivity index (χ2v) is 5.91. The first kappa shape index (κ1) is 17.1. The lowest BCUT2D eigenvalue weighted by atomic mass is 10.2. The Bertz CT molecular complexity index is 742. The first-order chi connectivity index (χ1) is 12.1. The Hall–Kier alpha value is -2.70. The minimum absolute atomic E-state index is 0.0100. The topological polar surface area (TPSA) is 72.6 Å². The van der Waals surface area contributed by atoms with Crippen LogP contribution in [-0.2, 0) is 20.9 Å². The van der Waals surface area contributed by atoms with Gasteiger partial charge in [-0.1, -0.05) is 6.42 Å². The fourth-order valence-corrected chi connectivity index (χ4v) is 2.67. The van der Waals surface area contributed by atoms with Gasteiger partial charge < -0.3 is 14.1 Å². The summed E-state index contributed by atoms with van der Waals surface area (Å²) in [4.78, 5) is 29.4. The summed E-state index contributed by atoms with van der Waals surface area (Å²) in [6.07, 6.45) is 4.75. The van der Waals surface area contributed by atoms with Crippen LogP contribution in [0.4, 0.5) is 4.39 Å². The van der Waals surface area contributed by atoms with E-state index in [2.05, 4.69) is 4.98 Å². The predicted octanol–water partition coefficient (Wildman–Crippen LogP) is 2.93. The van der Waals surface area contributed by atoms with Gasteiger partial charge in [0.15, 0.2) is 12.4 Å². The zero-order valence-corrected chi connectivity index (χ0v) is 13.7. The van der Waals surface area contributed by atoms with Gasteiger partial charge in [0.05, 0.1) is 6.20 Å². The zero-order chi connectivity index (χ0) is 17.6. The molecule has 0 bridgehead atoms. The van der Waals surface area contributed by atoms with E-state index in [0.717, 1.165) is 19.3 Å². The molecule has 1 aliphatic heterocycles. The van der Waals surface area contributed by atoms with Gasteiger partial charge >= 0.3 is 5.97 Å². The molecular formula is C18H19FN2O4. The van der Waals surface area contributed by atoms with Gasteiger partial charge in [-0.25, -0.2) is 9.37 Å². The average molecular weight is 346 g/mol. The summed E-state index contributed by atoms with van der Waals surface area (Å²) < 4.78 is 23.6. The number of likely N-dealkylation sites (tertiary alicyclic amines) is 1. The molecule has 6 nitrogen and oxygen atoms in total. The molecule has 1 aliphatic rings. The van der Waals surface area contributed by atoms with E-state index in [1.165, 1.54) is 23.2 Å². The van der Waals surface area contributed by atoms with Crippen LogP contribution in [0.25, 0.3) is 11.3 Å². The largest absolute Gasteiger partial charge is 0.454 e. The molecular weight excluding hydrogens is 327 g/mol. The van der Waals surface area contributed by atoms with Crippen LogP contribution in [0.3, 0.4) is 0 Å². The van der Waals surface area contributed by atoms with Crippen molar-refractivity contribution in [2.75, 3.05) is 13.1 Å². The van der Waals surface area contributed by atoms with Gasteiger partial charge in [0, 0.05) is 18.5 Å². The third kappa shape index (κ3) is 4.65. The number of carbonyl (C=O) groups excluding carboxylic acids is 2. The molecule has 1 amide bonds. The number of hydrogen-bond donors (Lipinski definition) is 0. The van der Waals surface area contributed by atoms with Crippen molar-refractivity contribution < 1.29 is 23.1 Å².